The van der Waals surface area contributed by atoms with E-state index in [2.05, 4.69) is 5.32 Å². The number of carboxylic acids is 1. The fraction of sp³-hybridized carbons (Fsp3) is 0.769. The first-order chi connectivity index (χ1) is 9.24. The first kappa shape index (κ1) is 14.6. The van der Waals surface area contributed by atoms with Crippen LogP contribution in [0.2, 0.25) is 0 Å². The zero-order valence-corrected chi connectivity index (χ0v) is 11.8. The minimum absolute atomic E-state index is 0.0231. The number of nitrogens with two attached hydrogens (primary N) is 1. The molecule has 0 aromatic rings. The average molecular weight is 283 g/mol. The third-order valence-corrected chi connectivity index (χ3v) is 4.44. The van der Waals surface area contributed by atoms with Gasteiger partial charge < -0.3 is 21.1 Å². The summed E-state index contributed by atoms with van der Waals surface area (Å²) in [6, 6.07) is -1.33. The lowest BCUT2D eigenvalue weighted by Crippen LogP contribution is -2.58. The number of hydrogen-bond donors (Lipinski definition) is 3. The number of nitrogens with one attached hydrogen (secondary N) is 1. The van der Waals surface area contributed by atoms with Crippen molar-refractivity contribution in [3.63, 3.8) is 0 Å². The molecule has 0 aromatic heterocycles. The quantitative estimate of drug-likeness (QED) is 0.684. The average Bonchev–Trinajstić information content (AvgIpc) is 2.85. The SMILES string of the molecule is CC(C)(NC(=O)N1CC2CCCC2C1C(=O)O)C(N)=O. The summed E-state index contributed by atoms with van der Waals surface area (Å²) in [6.45, 7) is 3.43. The van der Waals surface area contributed by atoms with E-state index < -0.39 is 29.5 Å². The van der Waals surface area contributed by atoms with Crippen molar-refractivity contribution in [3.8, 4) is 0 Å². The Kier molecular flexibility index (Phi) is 3.62. The zero-order chi connectivity index (χ0) is 15.1. The summed E-state index contributed by atoms with van der Waals surface area (Å²) in [6.07, 6.45) is 2.81. The van der Waals surface area contributed by atoms with Crippen molar-refractivity contribution in [1.29, 1.82) is 0 Å². The molecule has 2 fully saturated rings. The second-order valence-electron chi connectivity index (χ2n) is 6.21. The second-order valence-corrected chi connectivity index (χ2v) is 6.21. The summed E-state index contributed by atoms with van der Waals surface area (Å²) < 4.78 is 0. The molecule has 4 N–H and O–H groups in total. The van der Waals surface area contributed by atoms with Crippen LogP contribution in [-0.2, 0) is 9.59 Å². The van der Waals surface area contributed by atoms with E-state index in [0.29, 0.717) is 6.54 Å². The van der Waals surface area contributed by atoms with Crippen molar-refractivity contribution in [2.45, 2.75) is 44.7 Å². The van der Waals surface area contributed by atoms with E-state index >= 15 is 0 Å². The van der Waals surface area contributed by atoms with Crippen molar-refractivity contribution in [2.75, 3.05) is 6.54 Å². The smallest absolute Gasteiger partial charge is 0.326 e. The molecule has 3 unspecified atom stereocenters. The van der Waals surface area contributed by atoms with Gasteiger partial charge in [0.15, 0.2) is 0 Å². The van der Waals surface area contributed by atoms with Gasteiger partial charge in [0.05, 0.1) is 0 Å². The molecule has 0 spiro atoms. The van der Waals surface area contributed by atoms with E-state index in [9.17, 15) is 19.5 Å². The predicted octanol–water partition coefficient (Wildman–Crippen LogP) is 0.145. The Morgan fingerprint density at radius 3 is 2.50 bits per heavy atom. The number of rotatable bonds is 3. The van der Waals surface area contributed by atoms with Crippen LogP contribution >= 0.6 is 0 Å². The molecule has 1 aliphatic carbocycles. The van der Waals surface area contributed by atoms with Gasteiger partial charge in [0.2, 0.25) is 5.91 Å². The highest BCUT2D eigenvalue weighted by atomic mass is 16.4. The zero-order valence-electron chi connectivity index (χ0n) is 11.8. The molecule has 0 aromatic carbocycles. The molecule has 1 saturated carbocycles. The van der Waals surface area contributed by atoms with Gasteiger partial charge in [-0.25, -0.2) is 9.59 Å². The highest BCUT2D eigenvalue weighted by Crippen LogP contribution is 2.42. The summed E-state index contributed by atoms with van der Waals surface area (Å²) in [5.41, 5.74) is 4.02. The molecule has 3 atom stereocenters. The van der Waals surface area contributed by atoms with Crippen molar-refractivity contribution in [1.82, 2.24) is 10.2 Å². The Morgan fingerprint density at radius 1 is 1.30 bits per heavy atom. The summed E-state index contributed by atoms with van der Waals surface area (Å²) in [5, 5.41) is 11.9. The summed E-state index contributed by atoms with van der Waals surface area (Å²) in [5.74, 6) is -1.36. The maximum atomic E-state index is 12.3. The molecule has 7 nitrogen and oxygen atoms in total. The number of amides is 3. The fourth-order valence-corrected chi connectivity index (χ4v) is 3.23. The van der Waals surface area contributed by atoms with Crippen molar-refractivity contribution in [3.05, 3.63) is 0 Å². The first-order valence-corrected chi connectivity index (χ1v) is 6.85. The van der Waals surface area contributed by atoms with Crippen LogP contribution in [-0.4, -0.2) is 46.0 Å². The van der Waals surface area contributed by atoms with Crippen LogP contribution in [0, 0.1) is 11.8 Å². The molecular weight excluding hydrogens is 262 g/mol. The third-order valence-electron chi connectivity index (χ3n) is 4.44. The minimum Gasteiger partial charge on any atom is -0.480 e. The predicted molar refractivity (Wildman–Crippen MR) is 70.8 cm³/mol. The number of hydrogen-bond acceptors (Lipinski definition) is 3. The maximum absolute atomic E-state index is 12.3. The Bertz CT molecular complexity index is 449. The Morgan fingerprint density at radius 2 is 1.95 bits per heavy atom. The van der Waals surface area contributed by atoms with Crippen LogP contribution in [0.1, 0.15) is 33.1 Å². The Hall–Kier alpha value is -1.79. The van der Waals surface area contributed by atoms with E-state index in [1.165, 1.54) is 18.7 Å². The number of urea groups is 1. The normalized spacial score (nSPS) is 29.1. The van der Waals surface area contributed by atoms with Gasteiger partial charge in [0.25, 0.3) is 0 Å². The largest absolute Gasteiger partial charge is 0.480 e. The summed E-state index contributed by atoms with van der Waals surface area (Å²) in [7, 11) is 0. The van der Waals surface area contributed by atoms with Gasteiger partial charge in [-0.15, -0.1) is 0 Å². The van der Waals surface area contributed by atoms with E-state index in [0.717, 1.165) is 19.3 Å². The highest BCUT2D eigenvalue weighted by Gasteiger charge is 2.50. The van der Waals surface area contributed by atoms with E-state index in [1.807, 2.05) is 0 Å². The molecule has 1 aliphatic heterocycles. The lowest BCUT2D eigenvalue weighted by atomic mass is 9.94. The molecule has 3 amide bonds. The van der Waals surface area contributed by atoms with Gasteiger partial charge in [-0.1, -0.05) is 6.42 Å². The van der Waals surface area contributed by atoms with Crippen molar-refractivity contribution >= 4 is 17.9 Å². The van der Waals surface area contributed by atoms with Crippen molar-refractivity contribution in [2.24, 2.45) is 17.6 Å². The molecule has 0 bridgehead atoms. The van der Waals surface area contributed by atoms with E-state index in [-0.39, 0.29) is 11.8 Å². The fourth-order valence-electron chi connectivity index (χ4n) is 3.23. The molecule has 2 aliphatic rings. The van der Waals surface area contributed by atoms with Gasteiger partial charge in [0.1, 0.15) is 11.6 Å². The molecule has 112 valence electrons. The second kappa shape index (κ2) is 4.96. The standard InChI is InChI=1S/C13H21N3O4/c1-13(2,11(14)19)15-12(20)16-6-7-4-3-5-8(7)9(16)10(17)18/h7-9H,3-6H2,1-2H3,(H2,14,19)(H,15,20)(H,17,18). The van der Waals surface area contributed by atoms with Crippen LogP contribution in [0.5, 0.6) is 0 Å². The molecule has 7 heteroatoms. The Balaban J connectivity index is 2.13. The summed E-state index contributed by atoms with van der Waals surface area (Å²) >= 11 is 0. The topological polar surface area (TPSA) is 113 Å². The van der Waals surface area contributed by atoms with Gasteiger partial charge in [0, 0.05) is 6.54 Å². The molecule has 0 radical (unpaired) electrons. The number of aliphatic carboxylic acids is 1. The monoisotopic (exact) mass is 283 g/mol. The first-order valence-electron chi connectivity index (χ1n) is 6.85. The maximum Gasteiger partial charge on any atom is 0.326 e. The van der Waals surface area contributed by atoms with Crippen LogP contribution < -0.4 is 11.1 Å². The Labute approximate surface area is 117 Å². The molecule has 1 heterocycles. The number of likely N-dealkylation sites (tertiary alicyclic amines) is 1. The molecule has 20 heavy (non-hydrogen) atoms. The number of carbonyl (C=O) groups is 3. The van der Waals surface area contributed by atoms with Crippen LogP contribution in [0.3, 0.4) is 0 Å². The number of fused-ring (bicyclic) bond motifs is 1. The minimum atomic E-state index is -1.20. The van der Waals surface area contributed by atoms with Crippen LogP contribution in [0.4, 0.5) is 4.79 Å². The van der Waals surface area contributed by atoms with E-state index in [4.69, 9.17) is 5.73 Å². The van der Waals surface area contributed by atoms with Crippen molar-refractivity contribution < 1.29 is 19.5 Å². The van der Waals surface area contributed by atoms with Gasteiger partial charge in [-0.05, 0) is 38.5 Å². The van der Waals surface area contributed by atoms with Gasteiger partial charge in [-0.2, -0.15) is 0 Å². The van der Waals surface area contributed by atoms with Crippen LogP contribution in [0.15, 0.2) is 0 Å². The number of carbonyl (C=O) groups excluding carboxylic acids is 2. The van der Waals surface area contributed by atoms with Gasteiger partial charge in [-0.3, -0.25) is 4.79 Å². The lowest BCUT2D eigenvalue weighted by molar-refractivity contribution is -0.142. The molecule has 2 rings (SSSR count). The lowest BCUT2D eigenvalue weighted by Gasteiger charge is -2.29. The number of primary amides is 1. The molecule has 1 saturated heterocycles. The number of nitrogens with zero attached hydrogens (tertiary/aromatic N) is 1. The summed E-state index contributed by atoms with van der Waals surface area (Å²) in [4.78, 5) is 36.3. The van der Waals surface area contributed by atoms with E-state index in [1.54, 1.807) is 0 Å². The molecular formula is C13H21N3O4. The number of carboxylic acid groups (broad SMARTS) is 1. The third kappa shape index (κ3) is 2.44. The van der Waals surface area contributed by atoms with Gasteiger partial charge >= 0.3 is 12.0 Å². The highest BCUT2D eigenvalue weighted by molar-refractivity contribution is 5.90. The van der Waals surface area contributed by atoms with Crippen LogP contribution in [0.25, 0.3) is 0 Å².